The number of nitrogens with zero attached hydrogens (tertiary/aromatic N) is 1. The lowest BCUT2D eigenvalue weighted by atomic mass is 10.0. The van der Waals surface area contributed by atoms with Gasteiger partial charge < -0.3 is 19.4 Å². The average Bonchev–Trinajstić information content (AvgIpc) is 3.25. The van der Waals surface area contributed by atoms with Gasteiger partial charge in [-0.3, -0.25) is 18.6 Å². The molecule has 1 amide bonds. The Morgan fingerprint density at radius 2 is 0.922 bits per heavy atom. The molecule has 9 nitrogen and oxygen atoms in total. The number of esters is 1. The number of hydrogen-bond acceptors (Lipinski definition) is 6. The predicted molar refractivity (Wildman–Crippen MR) is 273 cm³/mol. The van der Waals surface area contributed by atoms with Crippen LogP contribution in [0.5, 0.6) is 0 Å². The van der Waals surface area contributed by atoms with Crippen molar-refractivity contribution in [2.24, 2.45) is 0 Å². The summed E-state index contributed by atoms with van der Waals surface area (Å²) in [6, 6.07) is -0.843. The van der Waals surface area contributed by atoms with Crippen LogP contribution in [0.25, 0.3) is 0 Å². The van der Waals surface area contributed by atoms with Crippen molar-refractivity contribution in [2.75, 3.05) is 40.9 Å². The average molecular weight is 926 g/mol. The fraction of sp³-hybridized carbons (Fsp3) is 0.889. The number of phosphoric acid groups is 1. The van der Waals surface area contributed by atoms with E-state index in [1.165, 1.54) is 141 Å². The number of likely N-dealkylation sites (N-methyl/N-ethyl adjacent to an activating group) is 1. The highest BCUT2D eigenvalue weighted by Gasteiger charge is 2.30. The molecule has 0 aromatic carbocycles. The highest BCUT2D eigenvalue weighted by atomic mass is 31.2. The summed E-state index contributed by atoms with van der Waals surface area (Å²) in [6.07, 6.45) is 50.2. The lowest BCUT2D eigenvalue weighted by Gasteiger charge is -2.27. The zero-order chi connectivity index (χ0) is 47.3. The summed E-state index contributed by atoms with van der Waals surface area (Å²) in [6.45, 7) is 6.97. The summed E-state index contributed by atoms with van der Waals surface area (Å²) in [5.41, 5.74) is 0. The molecule has 0 fully saturated rings. The molecule has 0 saturated carbocycles. The highest BCUT2D eigenvalue weighted by Crippen LogP contribution is 2.43. The molecular weight excluding hydrogens is 820 g/mol. The maximum Gasteiger partial charge on any atom is 0.472 e. The second-order valence-electron chi connectivity index (χ2n) is 19.8. The molecule has 10 heteroatoms. The quantitative estimate of drug-likeness (QED) is 0.0205. The van der Waals surface area contributed by atoms with Crippen molar-refractivity contribution >= 4 is 19.7 Å². The first-order valence-corrected chi connectivity index (χ1v) is 28.7. The number of phosphoric ester groups is 1. The Bertz CT molecular complexity index is 1160. The number of hydrogen-bond donors (Lipinski definition) is 2. The third-order valence-corrected chi connectivity index (χ3v) is 13.1. The van der Waals surface area contributed by atoms with E-state index in [4.69, 9.17) is 13.8 Å². The molecule has 0 saturated heterocycles. The molecule has 378 valence electrons. The predicted octanol–water partition coefficient (Wildman–Crippen LogP) is 15.8. The van der Waals surface area contributed by atoms with E-state index in [1.54, 1.807) is 0 Å². The van der Waals surface area contributed by atoms with Gasteiger partial charge in [0.1, 0.15) is 19.3 Å². The van der Waals surface area contributed by atoms with Crippen molar-refractivity contribution in [3.05, 3.63) is 24.3 Å². The normalized spacial score (nSPS) is 14.0. The number of allylic oxidation sites excluding steroid dienone is 3. The summed E-state index contributed by atoms with van der Waals surface area (Å²) >= 11 is 0. The van der Waals surface area contributed by atoms with Crippen LogP contribution in [0.1, 0.15) is 258 Å². The van der Waals surface area contributed by atoms with E-state index in [1.807, 2.05) is 33.3 Å². The summed E-state index contributed by atoms with van der Waals surface area (Å²) < 4.78 is 30.5. The van der Waals surface area contributed by atoms with Crippen molar-refractivity contribution in [2.45, 2.75) is 270 Å². The smallest absolute Gasteiger partial charge is 0.456 e. The Morgan fingerprint density at radius 3 is 1.38 bits per heavy atom. The van der Waals surface area contributed by atoms with Gasteiger partial charge in [0.25, 0.3) is 0 Å². The fourth-order valence-corrected chi connectivity index (χ4v) is 8.60. The Balaban J connectivity index is 5.33. The maximum absolute atomic E-state index is 13.4. The molecule has 0 heterocycles. The monoisotopic (exact) mass is 926 g/mol. The van der Waals surface area contributed by atoms with Crippen molar-refractivity contribution in [1.82, 2.24) is 5.32 Å². The van der Waals surface area contributed by atoms with E-state index in [9.17, 15) is 19.0 Å². The second kappa shape index (κ2) is 45.3. The summed E-state index contributed by atoms with van der Waals surface area (Å²) in [7, 11) is 1.50. The van der Waals surface area contributed by atoms with Gasteiger partial charge in [-0.15, -0.1) is 0 Å². The topological polar surface area (TPSA) is 111 Å². The van der Waals surface area contributed by atoms with Crippen molar-refractivity contribution in [1.29, 1.82) is 0 Å². The van der Waals surface area contributed by atoms with Gasteiger partial charge in [0.2, 0.25) is 5.91 Å². The van der Waals surface area contributed by atoms with Crippen molar-refractivity contribution in [3.63, 3.8) is 0 Å². The Hall–Kier alpha value is -1.51. The Morgan fingerprint density at radius 1 is 0.531 bits per heavy atom. The lowest BCUT2D eigenvalue weighted by Crippen LogP contribution is -2.47. The van der Waals surface area contributed by atoms with Crippen LogP contribution in [-0.4, -0.2) is 74.3 Å². The molecule has 0 rings (SSSR count). The fourth-order valence-electron chi connectivity index (χ4n) is 7.86. The molecule has 0 aliphatic heterocycles. The van der Waals surface area contributed by atoms with Crippen LogP contribution in [0.15, 0.2) is 24.3 Å². The van der Waals surface area contributed by atoms with Gasteiger partial charge in [0.05, 0.1) is 33.8 Å². The van der Waals surface area contributed by atoms with Crippen LogP contribution in [-0.2, 0) is 27.9 Å². The number of ether oxygens (including phenoxy) is 1. The number of carbonyl (C=O) groups is 2. The molecule has 0 aromatic heterocycles. The highest BCUT2D eigenvalue weighted by molar-refractivity contribution is 7.47. The number of unbranched alkanes of at least 4 members (excludes halogenated alkanes) is 31. The van der Waals surface area contributed by atoms with Crippen LogP contribution in [0, 0.1) is 0 Å². The number of nitrogens with one attached hydrogen (secondary N) is 1. The SMILES string of the molecule is CCCC/C=C\CCCCCCCC(=O)OC(/C=C/CCCCCCCCCCC)C(COP(=O)(O)OCC[N+](C)(C)C)NC(=O)CCCCCCCCCCCCCCCCCC. The van der Waals surface area contributed by atoms with Crippen molar-refractivity contribution < 1.29 is 37.3 Å². The van der Waals surface area contributed by atoms with E-state index in [0.29, 0.717) is 17.4 Å². The molecule has 0 aliphatic carbocycles. The standard InChI is InChI=1S/C54H105N2O7P/c1-7-10-13-16-19-22-25-26-27-28-29-32-34-37-40-43-46-53(57)55-51(50-62-64(59,60)61-49-48-56(4,5)6)52(45-42-39-36-33-30-23-20-17-14-11-8-2)63-54(58)47-44-41-38-35-31-24-21-18-15-12-9-3/h18,21,42,45,51-52H,7-17,19-20,22-41,43-44,46-50H2,1-6H3,(H-,55,57,59,60)/p+1/b21-18-,45-42+. The van der Waals surface area contributed by atoms with Gasteiger partial charge in [-0.2, -0.15) is 0 Å². The molecular formula is C54H106N2O7P+. The van der Waals surface area contributed by atoms with Gasteiger partial charge in [-0.1, -0.05) is 219 Å². The minimum Gasteiger partial charge on any atom is -0.456 e. The number of quaternary nitrogens is 1. The van der Waals surface area contributed by atoms with Gasteiger partial charge in [-0.25, -0.2) is 4.57 Å². The molecule has 64 heavy (non-hydrogen) atoms. The van der Waals surface area contributed by atoms with Gasteiger partial charge in [0.15, 0.2) is 0 Å². The Labute approximate surface area is 396 Å². The van der Waals surface area contributed by atoms with E-state index >= 15 is 0 Å². The number of rotatable bonds is 49. The zero-order valence-corrected chi connectivity index (χ0v) is 43.9. The van der Waals surface area contributed by atoms with Crippen LogP contribution in [0.3, 0.4) is 0 Å². The molecule has 3 atom stereocenters. The Kier molecular flexibility index (Phi) is 44.2. The van der Waals surface area contributed by atoms with E-state index in [2.05, 4.69) is 38.2 Å². The van der Waals surface area contributed by atoms with Crippen molar-refractivity contribution in [3.8, 4) is 0 Å². The van der Waals surface area contributed by atoms with Crippen LogP contribution in [0.4, 0.5) is 0 Å². The first-order valence-electron chi connectivity index (χ1n) is 27.2. The molecule has 0 bridgehead atoms. The molecule has 0 aliphatic rings. The van der Waals surface area contributed by atoms with Crippen LogP contribution >= 0.6 is 7.82 Å². The molecule has 3 unspecified atom stereocenters. The molecule has 0 spiro atoms. The van der Waals surface area contributed by atoms with Crippen LogP contribution in [0.2, 0.25) is 0 Å². The van der Waals surface area contributed by atoms with Gasteiger partial charge in [0, 0.05) is 12.8 Å². The molecule has 2 N–H and O–H groups in total. The minimum absolute atomic E-state index is 0.0419. The van der Waals surface area contributed by atoms with Crippen LogP contribution < -0.4 is 5.32 Å². The molecule has 0 aromatic rings. The lowest BCUT2D eigenvalue weighted by molar-refractivity contribution is -0.870. The molecule has 0 radical (unpaired) electrons. The second-order valence-corrected chi connectivity index (χ2v) is 21.2. The van der Waals surface area contributed by atoms with E-state index in [0.717, 1.165) is 83.5 Å². The number of amides is 1. The zero-order valence-electron chi connectivity index (χ0n) is 43.0. The summed E-state index contributed by atoms with van der Waals surface area (Å²) in [5, 5.41) is 3.04. The first kappa shape index (κ1) is 62.5. The first-order chi connectivity index (χ1) is 30.9. The number of carbonyl (C=O) groups excluding carboxylic acids is 2. The third kappa shape index (κ3) is 45.6. The summed E-state index contributed by atoms with van der Waals surface area (Å²) in [5.74, 6) is -0.508. The maximum atomic E-state index is 13.4. The van der Waals surface area contributed by atoms with Gasteiger partial charge in [-0.05, 0) is 51.0 Å². The minimum atomic E-state index is -4.43. The van der Waals surface area contributed by atoms with Gasteiger partial charge >= 0.3 is 13.8 Å². The van der Waals surface area contributed by atoms with E-state index in [-0.39, 0.29) is 31.5 Å². The van der Waals surface area contributed by atoms with E-state index < -0.39 is 20.0 Å². The largest absolute Gasteiger partial charge is 0.472 e. The summed E-state index contributed by atoms with van der Waals surface area (Å²) in [4.78, 5) is 37.4. The third-order valence-electron chi connectivity index (χ3n) is 12.1.